The number of thiophene rings is 1. The molecule has 0 unspecified atom stereocenters. The molecule has 1 rings (SSSR count). The van der Waals surface area contributed by atoms with Crippen LogP contribution in [0.5, 0.6) is 0 Å². The minimum Gasteiger partial charge on any atom is -0.383 e. The Hall–Kier alpha value is -0.160. The maximum absolute atomic E-state index is 12.5. The molecule has 0 fully saturated rings. The smallest absolute Gasteiger partial charge is 0.176 e. The van der Waals surface area contributed by atoms with Gasteiger partial charge < -0.3 is 10.1 Å². The topological polar surface area (TPSA) is 21.3 Å². The molecule has 0 atom stereocenters. The number of rotatable bonds is 5. The van der Waals surface area contributed by atoms with E-state index in [-0.39, 0.29) is 17.5 Å². The van der Waals surface area contributed by atoms with Crippen LogP contribution in [0.3, 0.4) is 0 Å². The van der Waals surface area contributed by atoms with Crippen molar-refractivity contribution < 1.29 is 9.13 Å². The summed E-state index contributed by atoms with van der Waals surface area (Å²) in [7, 11) is 1.66. The molecule has 0 aromatic carbocycles. The third-order valence-electron chi connectivity index (χ3n) is 1.41. The predicted octanol–water partition coefficient (Wildman–Crippen LogP) is 2.05. The average molecular weight is 226 g/mol. The molecule has 1 heterocycles. The highest BCUT2D eigenvalue weighted by Crippen LogP contribution is 2.13. The van der Waals surface area contributed by atoms with Gasteiger partial charge in [0.05, 0.1) is 6.61 Å². The minimum absolute atomic E-state index is 0. The van der Waals surface area contributed by atoms with E-state index in [1.165, 1.54) is 17.4 Å². The van der Waals surface area contributed by atoms with E-state index >= 15 is 0 Å². The Kier molecular flexibility index (Phi) is 7.17. The zero-order valence-electron chi connectivity index (χ0n) is 7.38. The number of ether oxygens (including phenoxy) is 1. The van der Waals surface area contributed by atoms with Crippen LogP contribution in [-0.2, 0) is 11.3 Å². The maximum Gasteiger partial charge on any atom is 0.176 e. The standard InChI is InChI=1S/C8H12FNOS.ClH/c1-11-5-4-10-6-7-2-3-8(9)12-7;/h2-3,10H,4-6H2,1H3;1H. The first-order chi connectivity index (χ1) is 5.83. The lowest BCUT2D eigenvalue weighted by Gasteiger charge is -2.00. The number of hydrogen-bond donors (Lipinski definition) is 1. The Morgan fingerprint density at radius 1 is 1.54 bits per heavy atom. The molecule has 0 bridgehead atoms. The van der Waals surface area contributed by atoms with Gasteiger partial charge in [0, 0.05) is 25.1 Å². The van der Waals surface area contributed by atoms with E-state index < -0.39 is 0 Å². The van der Waals surface area contributed by atoms with Gasteiger partial charge in [-0.25, -0.2) is 0 Å². The van der Waals surface area contributed by atoms with Crippen LogP contribution in [0.15, 0.2) is 12.1 Å². The Morgan fingerprint density at radius 3 is 2.85 bits per heavy atom. The fourth-order valence-corrected chi connectivity index (χ4v) is 1.53. The molecule has 5 heteroatoms. The third-order valence-corrected chi connectivity index (χ3v) is 2.28. The highest BCUT2D eigenvalue weighted by Gasteiger charge is 1.97. The molecule has 1 N–H and O–H groups in total. The monoisotopic (exact) mass is 225 g/mol. The van der Waals surface area contributed by atoms with Gasteiger partial charge in [-0.05, 0) is 12.1 Å². The second-order valence-electron chi connectivity index (χ2n) is 2.38. The molecule has 0 aliphatic carbocycles. The molecule has 0 radical (unpaired) electrons. The maximum atomic E-state index is 12.5. The van der Waals surface area contributed by atoms with Crippen molar-refractivity contribution in [2.24, 2.45) is 0 Å². The summed E-state index contributed by atoms with van der Waals surface area (Å²) >= 11 is 1.18. The zero-order valence-corrected chi connectivity index (χ0v) is 9.01. The van der Waals surface area contributed by atoms with Gasteiger partial charge in [0.15, 0.2) is 5.13 Å². The predicted molar refractivity (Wildman–Crippen MR) is 55.1 cm³/mol. The molecule has 1 aromatic rings. The van der Waals surface area contributed by atoms with Crippen LogP contribution in [0.4, 0.5) is 4.39 Å². The van der Waals surface area contributed by atoms with Crippen LogP contribution < -0.4 is 5.32 Å². The molecule has 0 aliphatic rings. The van der Waals surface area contributed by atoms with Crippen molar-refractivity contribution in [1.29, 1.82) is 0 Å². The van der Waals surface area contributed by atoms with Crippen molar-refractivity contribution >= 4 is 23.7 Å². The van der Waals surface area contributed by atoms with E-state index in [9.17, 15) is 4.39 Å². The van der Waals surface area contributed by atoms with Crippen LogP contribution >= 0.6 is 23.7 Å². The third kappa shape index (κ3) is 5.21. The van der Waals surface area contributed by atoms with E-state index in [1.807, 2.05) is 0 Å². The molecule has 1 aromatic heterocycles. The van der Waals surface area contributed by atoms with Crippen LogP contribution in [-0.4, -0.2) is 20.3 Å². The zero-order chi connectivity index (χ0) is 8.81. The van der Waals surface area contributed by atoms with Crippen LogP contribution in [0, 0.1) is 5.13 Å². The first-order valence-electron chi connectivity index (χ1n) is 3.77. The second kappa shape index (κ2) is 7.26. The Morgan fingerprint density at radius 2 is 2.31 bits per heavy atom. The Bertz CT molecular complexity index is 232. The van der Waals surface area contributed by atoms with Crippen molar-refractivity contribution in [1.82, 2.24) is 5.32 Å². The van der Waals surface area contributed by atoms with Gasteiger partial charge in [0.2, 0.25) is 0 Å². The summed E-state index contributed by atoms with van der Waals surface area (Å²) in [5, 5.41) is 3.01. The summed E-state index contributed by atoms with van der Waals surface area (Å²) in [5.74, 6) is 0. The minimum atomic E-state index is -0.126. The lowest BCUT2D eigenvalue weighted by Crippen LogP contribution is -2.17. The molecule has 0 spiro atoms. The average Bonchev–Trinajstić information content (AvgIpc) is 2.45. The van der Waals surface area contributed by atoms with Gasteiger partial charge in [-0.3, -0.25) is 0 Å². The Labute approximate surface area is 87.5 Å². The van der Waals surface area contributed by atoms with Gasteiger partial charge in [-0.1, -0.05) is 0 Å². The molecule has 0 aliphatic heterocycles. The van der Waals surface area contributed by atoms with E-state index in [0.29, 0.717) is 6.61 Å². The second-order valence-corrected chi connectivity index (χ2v) is 3.49. The lowest BCUT2D eigenvalue weighted by atomic mass is 10.4. The molecule has 0 saturated heterocycles. The molecule has 13 heavy (non-hydrogen) atoms. The Balaban J connectivity index is 0.00000144. The summed E-state index contributed by atoms with van der Waals surface area (Å²) < 4.78 is 17.3. The molecular formula is C8H13ClFNOS. The highest BCUT2D eigenvalue weighted by atomic mass is 35.5. The SMILES string of the molecule is COCCNCc1ccc(F)s1.Cl. The van der Waals surface area contributed by atoms with E-state index in [1.54, 1.807) is 13.2 Å². The first kappa shape index (κ1) is 12.8. The summed E-state index contributed by atoms with van der Waals surface area (Å²) in [5.41, 5.74) is 0. The van der Waals surface area contributed by atoms with Gasteiger partial charge in [-0.15, -0.1) is 23.7 Å². The largest absolute Gasteiger partial charge is 0.383 e. The van der Waals surface area contributed by atoms with E-state index in [4.69, 9.17) is 4.74 Å². The number of methoxy groups -OCH3 is 1. The summed E-state index contributed by atoms with van der Waals surface area (Å²) in [4.78, 5) is 1.02. The lowest BCUT2D eigenvalue weighted by molar-refractivity contribution is 0.199. The molecule has 0 saturated carbocycles. The molecule has 2 nitrogen and oxygen atoms in total. The summed E-state index contributed by atoms with van der Waals surface area (Å²) in [6.45, 7) is 2.21. The summed E-state index contributed by atoms with van der Waals surface area (Å²) in [6.07, 6.45) is 0. The number of nitrogens with one attached hydrogen (secondary N) is 1. The first-order valence-corrected chi connectivity index (χ1v) is 4.58. The van der Waals surface area contributed by atoms with Crippen LogP contribution in [0.25, 0.3) is 0 Å². The van der Waals surface area contributed by atoms with Gasteiger partial charge >= 0.3 is 0 Å². The fourth-order valence-electron chi connectivity index (χ4n) is 0.833. The fraction of sp³-hybridized carbons (Fsp3) is 0.500. The van der Waals surface area contributed by atoms with Crippen LogP contribution in [0.1, 0.15) is 4.88 Å². The van der Waals surface area contributed by atoms with E-state index in [0.717, 1.165) is 18.0 Å². The van der Waals surface area contributed by atoms with Gasteiger partial charge in [0.25, 0.3) is 0 Å². The van der Waals surface area contributed by atoms with Crippen molar-refractivity contribution in [3.63, 3.8) is 0 Å². The van der Waals surface area contributed by atoms with Crippen molar-refractivity contribution in [2.45, 2.75) is 6.54 Å². The molecular weight excluding hydrogens is 213 g/mol. The van der Waals surface area contributed by atoms with Gasteiger partial charge in [0.1, 0.15) is 0 Å². The molecule has 76 valence electrons. The van der Waals surface area contributed by atoms with Crippen LogP contribution in [0.2, 0.25) is 0 Å². The van der Waals surface area contributed by atoms with Crippen molar-refractivity contribution in [3.8, 4) is 0 Å². The highest BCUT2D eigenvalue weighted by molar-refractivity contribution is 7.10. The van der Waals surface area contributed by atoms with Crippen molar-refractivity contribution in [2.75, 3.05) is 20.3 Å². The van der Waals surface area contributed by atoms with E-state index in [2.05, 4.69) is 5.32 Å². The number of halogens is 2. The normalized spacial score (nSPS) is 9.69. The number of hydrogen-bond acceptors (Lipinski definition) is 3. The van der Waals surface area contributed by atoms with Crippen molar-refractivity contribution in [3.05, 3.63) is 22.1 Å². The molecule has 0 amide bonds. The summed E-state index contributed by atoms with van der Waals surface area (Å²) in [6, 6.07) is 3.28. The quantitative estimate of drug-likeness (QED) is 0.775. The van der Waals surface area contributed by atoms with Gasteiger partial charge in [-0.2, -0.15) is 4.39 Å².